The molecule has 0 aromatic carbocycles. The van der Waals surface area contributed by atoms with Crippen LogP contribution in [0.2, 0.25) is 58.9 Å². The third-order valence-electron chi connectivity index (χ3n) is 0. The molecule has 0 atom stereocenters. The summed E-state index contributed by atoms with van der Waals surface area (Å²) in [6, 6.07) is 0. The molecule has 0 fully saturated rings. The van der Waals surface area contributed by atoms with Gasteiger partial charge in [-0.15, -0.1) is 0 Å². The minimum atomic E-state index is 0. The molecule has 0 aliphatic rings. The number of hydrogen-bond donors (Lipinski definition) is 0. The van der Waals surface area contributed by atoms with Gasteiger partial charge in [-0.1, -0.05) is 58.9 Å². The Kier molecular flexibility index (Phi) is 35.2. The molecule has 0 rings (SSSR count). The van der Waals surface area contributed by atoms with Gasteiger partial charge in [-0.2, -0.15) is 0 Å². The van der Waals surface area contributed by atoms with Crippen molar-refractivity contribution in [2.24, 2.45) is 0 Å². The normalized spacial score (nSPS) is 8.31. The Hall–Kier alpha value is 1.45. The number of hydrogen-bond acceptors (Lipinski definition) is 0. The molecule has 0 aliphatic carbocycles. The predicted octanol–water partition coefficient (Wildman–Crippen LogP) is 3.46. The van der Waals surface area contributed by atoms with Crippen LogP contribution in [0.5, 0.6) is 0 Å². The summed E-state index contributed by atoms with van der Waals surface area (Å²) in [7, 11) is 0.361. The number of rotatable bonds is 0. The zero-order chi connectivity index (χ0) is 10.7. The van der Waals surface area contributed by atoms with Crippen molar-refractivity contribution >= 4 is 50.3 Å². The van der Waals surface area contributed by atoms with Crippen LogP contribution in [0.25, 0.3) is 0 Å². The van der Waals surface area contributed by atoms with Gasteiger partial charge >= 0.3 is 23.9 Å². The summed E-state index contributed by atoms with van der Waals surface area (Å²) in [5, 5.41) is 0. The van der Waals surface area contributed by atoms with Gasteiger partial charge in [-0.25, -0.2) is 0 Å². The Labute approximate surface area is 109 Å². The second-order valence-corrected chi connectivity index (χ2v) is 13.5. The van der Waals surface area contributed by atoms with Crippen molar-refractivity contribution < 1.29 is 0 Å². The van der Waals surface area contributed by atoms with Gasteiger partial charge in [-0.05, 0) is 0 Å². The van der Waals surface area contributed by atoms with E-state index in [1.54, 1.807) is 0 Å². The molecule has 80 valence electrons. The Bertz CT molecular complexity index is 43.4. The minimum absolute atomic E-state index is 0. The summed E-state index contributed by atoms with van der Waals surface area (Å²) in [5.41, 5.74) is 0. The molecule has 0 aromatic heterocycles. The molecule has 0 aromatic rings. The van der Waals surface area contributed by atoms with Gasteiger partial charge < -0.3 is 0 Å². The van der Waals surface area contributed by atoms with E-state index >= 15 is 0 Å². The molecular weight excluding hydrogens is 311 g/mol. The summed E-state index contributed by atoms with van der Waals surface area (Å²) in [5.74, 6) is 0. The topological polar surface area (TPSA) is 0 Å². The van der Waals surface area contributed by atoms with E-state index < -0.39 is 0 Å². The maximum atomic E-state index is 2.27. The van der Waals surface area contributed by atoms with E-state index in [1.807, 2.05) is 0 Å². The first kappa shape index (κ1) is 23.9. The van der Waals surface area contributed by atoms with Crippen LogP contribution in [0, 0.1) is 0 Å². The van der Waals surface area contributed by atoms with E-state index in [2.05, 4.69) is 58.9 Å². The molecule has 0 amide bonds. The average molecular weight is 339 g/mol. The van der Waals surface area contributed by atoms with E-state index in [4.69, 9.17) is 0 Å². The maximum absolute atomic E-state index is 2.27. The van der Waals surface area contributed by atoms with Crippen LogP contribution < -0.4 is 0 Å². The second kappa shape index (κ2) is 19.1. The van der Waals surface area contributed by atoms with Crippen molar-refractivity contribution in [2.75, 3.05) is 0 Å². The van der Waals surface area contributed by atoms with Crippen molar-refractivity contribution in [3.63, 3.8) is 0 Å². The van der Waals surface area contributed by atoms with Crippen LogP contribution in [-0.4, -0.2) is 50.3 Å². The van der Waals surface area contributed by atoms with E-state index in [0.717, 1.165) is 0 Å². The molecule has 0 bridgehead atoms. The molecule has 0 N–H and O–H groups in total. The van der Waals surface area contributed by atoms with Crippen LogP contribution >= 0.6 is 0 Å². The zero-order valence-electron chi connectivity index (χ0n) is 11.1. The first-order chi connectivity index (χ1) is 5.20. The van der Waals surface area contributed by atoms with Gasteiger partial charge in [0, 0.05) is 26.4 Å². The van der Waals surface area contributed by atoms with Gasteiger partial charge in [0.1, 0.15) is 0 Å². The predicted molar refractivity (Wildman–Crippen MR) is 77.2 cm³/mol. The first-order valence-corrected chi connectivity index (χ1v) is 13.5. The van der Waals surface area contributed by atoms with Crippen LogP contribution in [0.3, 0.4) is 0 Å². The quantitative estimate of drug-likeness (QED) is 0.593. The van der Waals surface area contributed by atoms with E-state index in [1.165, 1.54) is 0 Å². The van der Waals surface area contributed by atoms with Gasteiger partial charge in [0.25, 0.3) is 0 Å². The summed E-state index contributed by atoms with van der Waals surface area (Å²) >= 11 is 0. The van der Waals surface area contributed by atoms with Crippen molar-refractivity contribution in [3.8, 4) is 0 Å². The third kappa shape index (κ3) is 839. The standard InChI is InChI=1S/3C3H9Si.Sn.H/c3*1-4(2)3;;/h3*1-3H3;;. The zero-order valence-corrected chi connectivity index (χ0v) is 17.4. The molecule has 13 heavy (non-hydrogen) atoms. The fraction of sp³-hybridized carbons (Fsp3) is 1.00. The summed E-state index contributed by atoms with van der Waals surface area (Å²) in [4.78, 5) is 0. The Morgan fingerprint density at radius 2 is 0.385 bits per heavy atom. The molecule has 6 radical (unpaired) electrons. The fourth-order valence-electron chi connectivity index (χ4n) is 0. The van der Waals surface area contributed by atoms with Crippen molar-refractivity contribution in [2.45, 2.75) is 58.9 Å². The van der Waals surface area contributed by atoms with Gasteiger partial charge in [0.05, 0.1) is 0 Å². The van der Waals surface area contributed by atoms with Crippen LogP contribution in [0.15, 0.2) is 0 Å². The van der Waals surface area contributed by atoms with Crippen LogP contribution in [0.1, 0.15) is 0 Å². The molecular formula is C9H28Si3Sn. The molecule has 0 saturated carbocycles. The third-order valence-corrected chi connectivity index (χ3v) is 0. The summed E-state index contributed by atoms with van der Waals surface area (Å²) in [6.07, 6.45) is 0. The molecule has 0 heterocycles. The van der Waals surface area contributed by atoms with Gasteiger partial charge in [0.15, 0.2) is 0 Å². The SMILES string of the molecule is C[Si](C)C.C[Si](C)C.C[Si](C)C.[SnH]. The molecule has 0 nitrogen and oxygen atoms in total. The van der Waals surface area contributed by atoms with Crippen LogP contribution in [-0.2, 0) is 0 Å². The summed E-state index contributed by atoms with van der Waals surface area (Å²) in [6.45, 7) is 20.4. The molecule has 0 saturated heterocycles. The average Bonchev–Trinajstić information content (AvgIpc) is 1.54. The van der Waals surface area contributed by atoms with Crippen LogP contribution in [0.4, 0.5) is 0 Å². The van der Waals surface area contributed by atoms with E-state index in [-0.39, 0.29) is 50.3 Å². The van der Waals surface area contributed by atoms with Crippen molar-refractivity contribution in [1.82, 2.24) is 0 Å². The Morgan fingerprint density at radius 1 is 0.385 bits per heavy atom. The van der Waals surface area contributed by atoms with E-state index in [9.17, 15) is 0 Å². The van der Waals surface area contributed by atoms with Gasteiger partial charge in [-0.3, -0.25) is 0 Å². The van der Waals surface area contributed by atoms with Gasteiger partial charge in [0.2, 0.25) is 0 Å². The molecule has 4 heteroatoms. The first-order valence-electron chi connectivity index (χ1n) is 4.50. The van der Waals surface area contributed by atoms with E-state index in [0.29, 0.717) is 0 Å². The van der Waals surface area contributed by atoms with Crippen molar-refractivity contribution in [1.29, 1.82) is 0 Å². The molecule has 0 aliphatic heterocycles. The second-order valence-electron chi connectivity index (χ2n) is 4.50. The Morgan fingerprint density at radius 3 is 0.385 bits per heavy atom. The fourth-order valence-corrected chi connectivity index (χ4v) is 0. The van der Waals surface area contributed by atoms with Crippen molar-refractivity contribution in [3.05, 3.63) is 0 Å². The molecule has 0 unspecified atom stereocenters. The summed E-state index contributed by atoms with van der Waals surface area (Å²) < 4.78 is 0. The molecule has 0 spiro atoms. The monoisotopic (exact) mass is 340 g/mol. The Balaban J connectivity index is -0.0000000450.